The molecule has 78 valence electrons. The summed E-state index contributed by atoms with van der Waals surface area (Å²) in [6, 6.07) is 6.08. The lowest BCUT2D eigenvalue weighted by molar-refractivity contribution is 0.628. The van der Waals surface area contributed by atoms with E-state index < -0.39 is 0 Å². The van der Waals surface area contributed by atoms with Crippen molar-refractivity contribution in [1.29, 1.82) is 0 Å². The summed E-state index contributed by atoms with van der Waals surface area (Å²) in [5.41, 5.74) is 12.9. The Labute approximate surface area is 86.3 Å². The summed E-state index contributed by atoms with van der Waals surface area (Å²) in [6.45, 7) is 0. The van der Waals surface area contributed by atoms with E-state index in [4.69, 9.17) is 11.5 Å². The van der Waals surface area contributed by atoms with Crippen molar-refractivity contribution in [3.63, 3.8) is 0 Å². The van der Waals surface area contributed by atoms with Gasteiger partial charge >= 0.3 is 0 Å². The third-order valence-electron chi connectivity index (χ3n) is 2.23. The van der Waals surface area contributed by atoms with E-state index >= 15 is 0 Å². The van der Waals surface area contributed by atoms with Gasteiger partial charge in [0.2, 0.25) is 0 Å². The molecule has 0 saturated carbocycles. The first-order valence-electron chi connectivity index (χ1n) is 4.43. The second kappa shape index (κ2) is 3.27. The summed E-state index contributed by atoms with van der Waals surface area (Å²) in [5, 5.41) is 4.12. The number of nitrogens with zero attached hydrogens (tertiary/aromatic N) is 2. The Balaban J connectivity index is 2.59. The van der Waals surface area contributed by atoms with Gasteiger partial charge in [-0.05, 0) is 12.1 Å². The molecule has 0 unspecified atom stereocenters. The van der Waals surface area contributed by atoms with Gasteiger partial charge in [0.05, 0.1) is 0 Å². The highest BCUT2D eigenvalue weighted by molar-refractivity contribution is 5.80. The fourth-order valence-electron chi connectivity index (χ4n) is 1.40. The Bertz CT molecular complexity index is 504. The Morgan fingerprint density at radius 1 is 1.33 bits per heavy atom. The van der Waals surface area contributed by atoms with Crippen LogP contribution in [0.15, 0.2) is 24.3 Å². The SMILES string of the molecule is Cn1nc(-c2cccc(F)c2)c(N)c1N. The first-order chi connectivity index (χ1) is 7.09. The van der Waals surface area contributed by atoms with Gasteiger partial charge in [0.1, 0.15) is 23.0 Å². The van der Waals surface area contributed by atoms with E-state index in [2.05, 4.69) is 5.10 Å². The van der Waals surface area contributed by atoms with Gasteiger partial charge in [-0.1, -0.05) is 12.1 Å². The molecule has 1 aromatic heterocycles. The first kappa shape index (κ1) is 9.51. The number of hydrogen-bond acceptors (Lipinski definition) is 3. The monoisotopic (exact) mass is 206 g/mol. The van der Waals surface area contributed by atoms with E-state index in [9.17, 15) is 4.39 Å². The van der Waals surface area contributed by atoms with Crippen molar-refractivity contribution in [3.05, 3.63) is 30.1 Å². The zero-order chi connectivity index (χ0) is 11.0. The van der Waals surface area contributed by atoms with Gasteiger partial charge in [0.15, 0.2) is 0 Å². The molecule has 2 aromatic rings. The molecular formula is C10H11FN4. The lowest BCUT2D eigenvalue weighted by atomic mass is 10.1. The smallest absolute Gasteiger partial charge is 0.145 e. The standard InChI is InChI=1S/C10H11FN4/c1-15-10(13)8(12)9(14-15)6-3-2-4-7(11)5-6/h2-5H,12-13H2,1H3. The molecule has 0 aliphatic heterocycles. The van der Waals surface area contributed by atoms with Gasteiger partial charge in [0, 0.05) is 12.6 Å². The van der Waals surface area contributed by atoms with Crippen LogP contribution < -0.4 is 11.5 Å². The molecule has 1 aromatic carbocycles. The fourth-order valence-corrected chi connectivity index (χ4v) is 1.40. The largest absolute Gasteiger partial charge is 0.394 e. The van der Waals surface area contributed by atoms with Gasteiger partial charge in [-0.25, -0.2) is 4.39 Å². The zero-order valence-corrected chi connectivity index (χ0v) is 8.24. The lowest BCUT2D eigenvalue weighted by Crippen LogP contribution is -1.98. The summed E-state index contributed by atoms with van der Waals surface area (Å²) in [7, 11) is 1.69. The molecule has 2 rings (SSSR count). The highest BCUT2D eigenvalue weighted by Crippen LogP contribution is 2.28. The highest BCUT2D eigenvalue weighted by atomic mass is 19.1. The van der Waals surface area contributed by atoms with Crippen molar-refractivity contribution in [3.8, 4) is 11.3 Å². The average Bonchev–Trinajstić information content (AvgIpc) is 2.46. The second-order valence-corrected chi connectivity index (χ2v) is 3.28. The van der Waals surface area contributed by atoms with Gasteiger partial charge in [0.25, 0.3) is 0 Å². The second-order valence-electron chi connectivity index (χ2n) is 3.28. The van der Waals surface area contributed by atoms with Crippen molar-refractivity contribution in [2.45, 2.75) is 0 Å². The third-order valence-corrected chi connectivity index (χ3v) is 2.23. The van der Waals surface area contributed by atoms with Crippen LogP contribution >= 0.6 is 0 Å². The van der Waals surface area contributed by atoms with Crippen molar-refractivity contribution in [2.75, 3.05) is 11.5 Å². The first-order valence-corrected chi connectivity index (χ1v) is 4.43. The topological polar surface area (TPSA) is 69.9 Å². The van der Waals surface area contributed by atoms with E-state index in [0.29, 0.717) is 22.8 Å². The average molecular weight is 206 g/mol. The van der Waals surface area contributed by atoms with Gasteiger partial charge in [-0.2, -0.15) is 5.10 Å². The summed E-state index contributed by atoms with van der Waals surface area (Å²) < 4.78 is 14.5. The highest BCUT2D eigenvalue weighted by Gasteiger charge is 2.12. The van der Waals surface area contributed by atoms with Crippen LogP contribution in [0.3, 0.4) is 0 Å². The van der Waals surface area contributed by atoms with Gasteiger partial charge in [-0.15, -0.1) is 0 Å². The fraction of sp³-hybridized carbons (Fsp3) is 0.100. The minimum atomic E-state index is -0.323. The molecule has 1 heterocycles. The molecule has 0 spiro atoms. The van der Waals surface area contributed by atoms with Crippen LogP contribution in [0.4, 0.5) is 15.9 Å². The molecule has 0 saturated heterocycles. The molecule has 4 N–H and O–H groups in total. The predicted molar refractivity (Wildman–Crippen MR) is 57.4 cm³/mol. The molecule has 15 heavy (non-hydrogen) atoms. The number of aromatic nitrogens is 2. The van der Waals surface area contributed by atoms with Gasteiger partial charge < -0.3 is 11.5 Å². The number of anilines is 2. The van der Waals surface area contributed by atoms with Crippen LogP contribution in [-0.2, 0) is 7.05 Å². The normalized spacial score (nSPS) is 10.5. The van der Waals surface area contributed by atoms with Crippen molar-refractivity contribution in [2.24, 2.45) is 7.05 Å². The van der Waals surface area contributed by atoms with E-state index in [1.807, 2.05) is 0 Å². The molecular weight excluding hydrogens is 195 g/mol. The van der Waals surface area contributed by atoms with Crippen LogP contribution in [0.1, 0.15) is 0 Å². The van der Waals surface area contributed by atoms with E-state index in [-0.39, 0.29) is 5.82 Å². The predicted octanol–water partition coefficient (Wildman–Crippen LogP) is 1.39. The van der Waals surface area contributed by atoms with E-state index in [0.717, 1.165) is 0 Å². The summed E-state index contributed by atoms with van der Waals surface area (Å²) in [6.07, 6.45) is 0. The molecule has 0 atom stereocenters. The number of hydrogen-bond donors (Lipinski definition) is 2. The van der Waals surface area contributed by atoms with E-state index in [1.165, 1.54) is 16.8 Å². The minimum absolute atomic E-state index is 0.323. The Morgan fingerprint density at radius 3 is 2.60 bits per heavy atom. The van der Waals surface area contributed by atoms with Crippen LogP contribution in [0.25, 0.3) is 11.3 Å². The van der Waals surface area contributed by atoms with Crippen LogP contribution in [0.2, 0.25) is 0 Å². The molecule has 4 nitrogen and oxygen atoms in total. The molecule has 0 fully saturated rings. The number of nitrogen functional groups attached to an aromatic ring is 2. The molecule has 5 heteroatoms. The van der Waals surface area contributed by atoms with Crippen LogP contribution in [0, 0.1) is 5.82 Å². The maximum absolute atomic E-state index is 13.0. The Morgan fingerprint density at radius 2 is 2.07 bits per heavy atom. The Kier molecular flexibility index (Phi) is 2.07. The molecule has 0 aliphatic rings. The van der Waals surface area contributed by atoms with Crippen molar-refractivity contribution >= 4 is 11.5 Å². The molecule has 0 amide bonds. The van der Waals surface area contributed by atoms with Crippen molar-refractivity contribution < 1.29 is 4.39 Å². The van der Waals surface area contributed by atoms with Crippen molar-refractivity contribution in [1.82, 2.24) is 9.78 Å². The summed E-state index contributed by atoms with van der Waals surface area (Å²) >= 11 is 0. The molecule has 0 bridgehead atoms. The lowest BCUT2D eigenvalue weighted by Gasteiger charge is -1.97. The quantitative estimate of drug-likeness (QED) is 0.740. The van der Waals surface area contributed by atoms with Crippen LogP contribution in [0.5, 0.6) is 0 Å². The summed E-state index contributed by atoms with van der Waals surface area (Å²) in [4.78, 5) is 0. The number of rotatable bonds is 1. The van der Waals surface area contributed by atoms with Crippen LogP contribution in [-0.4, -0.2) is 9.78 Å². The van der Waals surface area contributed by atoms with E-state index in [1.54, 1.807) is 19.2 Å². The van der Waals surface area contributed by atoms with Gasteiger partial charge in [-0.3, -0.25) is 4.68 Å². The zero-order valence-electron chi connectivity index (χ0n) is 8.24. The maximum Gasteiger partial charge on any atom is 0.145 e. The number of nitrogens with two attached hydrogens (primary N) is 2. The number of halogens is 1. The summed E-state index contributed by atoms with van der Waals surface area (Å²) in [5.74, 6) is 0.0605. The molecule has 0 aliphatic carbocycles. The number of benzene rings is 1. The maximum atomic E-state index is 13.0. The number of aryl methyl sites for hydroxylation is 1. The third kappa shape index (κ3) is 1.52. The minimum Gasteiger partial charge on any atom is -0.394 e. The molecule has 0 radical (unpaired) electrons. The Hall–Kier alpha value is -2.04.